The average Bonchev–Trinajstić information content (AvgIpc) is 2.79. The van der Waals surface area contributed by atoms with Crippen LogP contribution in [0.3, 0.4) is 0 Å². The molecule has 1 aromatic heterocycles. The van der Waals surface area contributed by atoms with E-state index in [2.05, 4.69) is 24.1 Å². The number of halogens is 1. The molecule has 0 unspecified atom stereocenters. The minimum Gasteiger partial charge on any atom is -0.361 e. The van der Waals surface area contributed by atoms with Crippen LogP contribution in [0.1, 0.15) is 39.7 Å². The van der Waals surface area contributed by atoms with E-state index in [1.54, 1.807) is 0 Å². The van der Waals surface area contributed by atoms with Gasteiger partial charge < -0.3 is 10.3 Å². The molecule has 3 nitrogen and oxygen atoms in total. The van der Waals surface area contributed by atoms with E-state index in [0.29, 0.717) is 18.9 Å². The van der Waals surface area contributed by atoms with Gasteiger partial charge in [0, 0.05) is 40.5 Å². The van der Waals surface area contributed by atoms with Crippen molar-refractivity contribution in [3.8, 4) is 0 Å². The van der Waals surface area contributed by atoms with Gasteiger partial charge in [-0.25, -0.2) is 0 Å². The molecular formula is C17H23ClN2O. The van der Waals surface area contributed by atoms with Crippen LogP contribution in [-0.2, 0) is 10.2 Å². The lowest BCUT2D eigenvalue weighted by Crippen LogP contribution is -2.37. The highest BCUT2D eigenvalue weighted by Crippen LogP contribution is 2.31. The van der Waals surface area contributed by atoms with Crippen LogP contribution in [0, 0.1) is 5.92 Å². The molecule has 0 saturated carbocycles. The summed E-state index contributed by atoms with van der Waals surface area (Å²) in [6.45, 7) is 8.97. The first-order valence-corrected chi connectivity index (χ1v) is 7.71. The van der Waals surface area contributed by atoms with Crippen molar-refractivity contribution >= 4 is 28.4 Å². The quantitative estimate of drug-likeness (QED) is 0.851. The molecule has 0 aliphatic carbocycles. The molecule has 114 valence electrons. The van der Waals surface area contributed by atoms with Crippen molar-refractivity contribution in [2.75, 3.05) is 6.54 Å². The maximum atomic E-state index is 11.8. The van der Waals surface area contributed by atoms with Crippen LogP contribution in [0.2, 0.25) is 5.02 Å². The van der Waals surface area contributed by atoms with Crippen molar-refractivity contribution in [1.29, 1.82) is 0 Å². The van der Waals surface area contributed by atoms with E-state index in [1.807, 2.05) is 38.2 Å². The van der Waals surface area contributed by atoms with Crippen molar-refractivity contribution in [3.05, 3.63) is 35.0 Å². The number of fused-ring (bicyclic) bond motifs is 1. The second-order valence-electron chi connectivity index (χ2n) is 6.65. The zero-order valence-electron chi connectivity index (χ0n) is 13.1. The van der Waals surface area contributed by atoms with Gasteiger partial charge in [-0.2, -0.15) is 0 Å². The van der Waals surface area contributed by atoms with E-state index in [9.17, 15) is 4.79 Å². The second kappa shape index (κ2) is 6.10. The maximum Gasteiger partial charge on any atom is 0.220 e. The molecular weight excluding hydrogens is 284 g/mol. The Hall–Kier alpha value is -1.48. The van der Waals surface area contributed by atoms with Crippen molar-refractivity contribution in [2.45, 2.75) is 39.5 Å². The highest BCUT2D eigenvalue weighted by atomic mass is 35.5. The predicted octanol–water partition coefficient (Wildman–Crippen LogP) is 4.26. The van der Waals surface area contributed by atoms with Crippen molar-refractivity contribution in [3.63, 3.8) is 0 Å². The van der Waals surface area contributed by atoms with Gasteiger partial charge in [0.15, 0.2) is 0 Å². The Morgan fingerprint density at radius 3 is 2.76 bits per heavy atom. The molecule has 0 aliphatic rings. The summed E-state index contributed by atoms with van der Waals surface area (Å²) >= 11 is 6.10. The standard InChI is InChI=1S/C17H23ClN2O/c1-11(2)7-16(21)20-10-17(3,4)14-9-19-15-6-5-12(18)8-13(14)15/h5-6,8-9,11,19H,7,10H2,1-4H3,(H,20,21). The number of aromatic nitrogens is 1. The van der Waals surface area contributed by atoms with Crippen LogP contribution in [0.5, 0.6) is 0 Å². The average molecular weight is 307 g/mol. The van der Waals surface area contributed by atoms with Crippen LogP contribution in [0.25, 0.3) is 10.9 Å². The van der Waals surface area contributed by atoms with E-state index < -0.39 is 0 Å². The Bertz CT molecular complexity index is 643. The van der Waals surface area contributed by atoms with Gasteiger partial charge in [-0.15, -0.1) is 0 Å². The first-order chi connectivity index (χ1) is 9.79. The number of hydrogen-bond donors (Lipinski definition) is 2. The third kappa shape index (κ3) is 3.79. The normalized spacial score (nSPS) is 12.1. The Balaban J connectivity index is 2.17. The summed E-state index contributed by atoms with van der Waals surface area (Å²) in [6.07, 6.45) is 2.57. The van der Waals surface area contributed by atoms with Crippen molar-refractivity contribution < 1.29 is 4.79 Å². The zero-order chi connectivity index (χ0) is 15.6. The molecule has 2 aromatic rings. The largest absolute Gasteiger partial charge is 0.361 e. The molecule has 4 heteroatoms. The summed E-state index contributed by atoms with van der Waals surface area (Å²) in [5.74, 6) is 0.482. The molecule has 0 radical (unpaired) electrons. The Kier molecular flexibility index (Phi) is 4.62. The molecule has 2 N–H and O–H groups in total. The van der Waals surface area contributed by atoms with Gasteiger partial charge >= 0.3 is 0 Å². The number of carbonyl (C=O) groups is 1. The fraction of sp³-hybridized carbons (Fsp3) is 0.471. The number of hydrogen-bond acceptors (Lipinski definition) is 1. The maximum absolute atomic E-state index is 11.8. The van der Waals surface area contributed by atoms with E-state index in [-0.39, 0.29) is 11.3 Å². The van der Waals surface area contributed by atoms with Gasteiger partial charge in [0.2, 0.25) is 5.91 Å². The first-order valence-electron chi connectivity index (χ1n) is 7.33. The lowest BCUT2D eigenvalue weighted by atomic mass is 9.84. The molecule has 0 atom stereocenters. The van der Waals surface area contributed by atoms with Crippen molar-refractivity contribution in [1.82, 2.24) is 10.3 Å². The third-order valence-electron chi connectivity index (χ3n) is 3.69. The zero-order valence-corrected chi connectivity index (χ0v) is 13.8. The Morgan fingerprint density at radius 2 is 2.10 bits per heavy atom. The summed E-state index contributed by atoms with van der Waals surface area (Å²) in [4.78, 5) is 15.1. The lowest BCUT2D eigenvalue weighted by Gasteiger charge is -2.25. The fourth-order valence-corrected chi connectivity index (χ4v) is 2.68. The molecule has 21 heavy (non-hydrogen) atoms. The highest BCUT2D eigenvalue weighted by molar-refractivity contribution is 6.31. The lowest BCUT2D eigenvalue weighted by molar-refractivity contribution is -0.122. The fourth-order valence-electron chi connectivity index (χ4n) is 2.51. The van der Waals surface area contributed by atoms with Crippen LogP contribution in [-0.4, -0.2) is 17.4 Å². The molecule has 0 fully saturated rings. The Morgan fingerprint density at radius 1 is 1.38 bits per heavy atom. The summed E-state index contributed by atoms with van der Waals surface area (Å²) in [6, 6.07) is 5.83. The minimum atomic E-state index is -0.157. The second-order valence-corrected chi connectivity index (χ2v) is 7.09. The minimum absolute atomic E-state index is 0.107. The topological polar surface area (TPSA) is 44.9 Å². The number of amides is 1. The van der Waals surface area contributed by atoms with Crippen LogP contribution in [0.15, 0.2) is 24.4 Å². The van der Waals surface area contributed by atoms with E-state index >= 15 is 0 Å². The third-order valence-corrected chi connectivity index (χ3v) is 3.93. The smallest absolute Gasteiger partial charge is 0.220 e. The summed E-state index contributed by atoms with van der Waals surface area (Å²) in [7, 11) is 0. The number of carbonyl (C=O) groups excluding carboxylic acids is 1. The molecule has 0 spiro atoms. The highest BCUT2D eigenvalue weighted by Gasteiger charge is 2.24. The van der Waals surface area contributed by atoms with Gasteiger partial charge in [0.1, 0.15) is 0 Å². The first kappa shape index (κ1) is 15.9. The SMILES string of the molecule is CC(C)CC(=O)NCC(C)(C)c1c[nH]c2ccc(Cl)cc12. The predicted molar refractivity (Wildman–Crippen MR) is 88.8 cm³/mol. The van der Waals surface area contributed by atoms with E-state index in [1.165, 1.54) is 5.56 Å². The summed E-state index contributed by atoms with van der Waals surface area (Å²) < 4.78 is 0. The number of aromatic amines is 1. The molecule has 1 aromatic carbocycles. The van der Waals surface area contributed by atoms with Gasteiger partial charge in [0.25, 0.3) is 0 Å². The molecule has 1 amide bonds. The van der Waals surface area contributed by atoms with Crippen LogP contribution >= 0.6 is 11.6 Å². The summed E-state index contributed by atoms with van der Waals surface area (Å²) in [5.41, 5.74) is 2.08. The molecule has 2 rings (SSSR count). The number of H-pyrrole nitrogens is 1. The number of benzene rings is 1. The van der Waals surface area contributed by atoms with Crippen LogP contribution < -0.4 is 5.32 Å². The summed E-state index contributed by atoms with van der Waals surface area (Å²) in [5, 5.41) is 4.88. The molecule has 0 saturated heterocycles. The van der Waals surface area contributed by atoms with Gasteiger partial charge in [0.05, 0.1) is 0 Å². The van der Waals surface area contributed by atoms with Gasteiger partial charge in [-0.3, -0.25) is 4.79 Å². The molecule has 0 aliphatic heterocycles. The van der Waals surface area contributed by atoms with E-state index in [0.717, 1.165) is 15.9 Å². The van der Waals surface area contributed by atoms with Gasteiger partial charge in [-0.1, -0.05) is 39.3 Å². The number of rotatable bonds is 5. The Labute approximate surface area is 131 Å². The van der Waals surface area contributed by atoms with Crippen LogP contribution in [0.4, 0.5) is 0 Å². The molecule has 0 bridgehead atoms. The molecule has 1 heterocycles. The van der Waals surface area contributed by atoms with E-state index in [4.69, 9.17) is 11.6 Å². The monoisotopic (exact) mass is 306 g/mol. The van der Waals surface area contributed by atoms with Crippen molar-refractivity contribution in [2.24, 2.45) is 5.92 Å². The number of nitrogens with one attached hydrogen (secondary N) is 2. The van der Waals surface area contributed by atoms with Gasteiger partial charge in [-0.05, 0) is 29.7 Å².